The van der Waals surface area contributed by atoms with E-state index in [1.807, 2.05) is 78.2 Å². The van der Waals surface area contributed by atoms with Gasteiger partial charge in [-0.3, -0.25) is 9.36 Å². The lowest BCUT2D eigenvalue weighted by Gasteiger charge is -2.11. The van der Waals surface area contributed by atoms with Gasteiger partial charge in [-0.1, -0.05) is 65.8 Å². The Morgan fingerprint density at radius 3 is 2.59 bits per heavy atom. The quantitative estimate of drug-likeness (QED) is 0.347. The maximum Gasteiger partial charge on any atom is 0.234 e. The van der Waals surface area contributed by atoms with Crippen LogP contribution in [-0.2, 0) is 11.4 Å². The first kappa shape index (κ1) is 21.9. The second-order valence-electron chi connectivity index (χ2n) is 6.99. The van der Waals surface area contributed by atoms with E-state index in [-0.39, 0.29) is 18.3 Å². The van der Waals surface area contributed by atoms with Crippen molar-refractivity contribution in [2.24, 2.45) is 0 Å². The van der Waals surface area contributed by atoms with Gasteiger partial charge < -0.3 is 10.1 Å². The molecule has 0 atom stereocenters. The standard InChI is InChI=1S/C24H21ClN4O2S/c1-17-8-7-11-19(14-17)31-15-22-27-28-24(29(22)18-9-3-2-4-10-18)32-16-23(30)26-21-13-6-5-12-20(21)25/h2-14H,15-16H2,1H3,(H,26,30). The molecule has 4 aromatic rings. The Labute approximate surface area is 195 Å². The summed E-state index contributed by atoms with van der Waals surface area (Å²) >= 11 is 7.43. The number of para-hydroxylation sites is 2. The first-order chi connectivity index (χ1) is 15.6. The summed E-state index contributed by atoms with van der Waals surface area (Å²) in [4.78, 5) is 12.5. The SMILES string of the molecule is Cc1cccc(OCc2nnc(SCC(=O)Nc3ccccc3Cl)n2-c2ccccc2)c1. The number of anilines is 1. The van der Waals surface area contributed by atoms with Crippen molar-refractivity contribution in [1.29, 1.82) is 0 Å². The van der Waals surface area contributed by atoms with Crippen LogP contribution in [0.15, 0.2) is 84.0 Å². The van der Waals surface area contributed by atoms with Crippen molar-refractivity contribution >= 4 is 35.0 Å². The number of carbonyl (C=O) groups is 1. The number of rotatable bonds is 8. The van der Waals surface area contributed by atoms with Crippen molar-refractivity contribution in [2.45, 2.75) is 18.7 Å². The molecular formula is C24H21ClN4O2S. The van der Waals surface area contributed by atoms with Crippen molar-refractivity contribution in [3.63, 3.8) is 0 Å². The fraction of sp³-hybridized carbons (Fsp3) is 0.125. The van der Waals surface area contributed by atoms with Gasteiger partial charge in [0.15, 0.2) is 11.0 Å². The van der Waals surface area contributed by atoms with E-state index in [1.165, 1.54) is 11.8 Å². The average Bonchev–Trinajstić information content (AvgIpc) is 3.21. The minimum absolute atomic E-state index is 0.162. The molecule has 4 rings (SSSR count). The summed E-state index contributed by atoms with van der Waals surface area (Å²) in [5.74, 6) is 1.39. The summed E-state index contributed by atoms with van der Waals surface area (Å²) < 4.78 is 7.85. The maximum atomic E-state index is 12.5. The van der Waals surface area contributed by atoms with Crippen LogP contribution >= 0.6 is 23.4 Å². The highest BCUT2D eigenvalue weighted by Gasteiger charge is 2.17. The number of nitrogens with zero attached hydrogens (tertiary/aromatic N) is 3. The zero-order valence-corrected chi connectivity index (χ0v) is 18.9. The molecule has 162 valence electrons. The Kier molecular flexibility index (Phi) is 7.09. The van der Waals surface area contributed by atoms with Crippen LogP contribution in [0.2, 0.25) is 5.02 Å². The van der Waals surface area contributed by atoms with E-state index in [1.54, 1.807) is 12.1 Å². The number of carbonyl (C=O) groups excluding carboxylic acids is 1. The van der Waals surface area contributed by atoms with Crippen molar-refractivity contribution < 1.29 is 9.53 Å². The highest BCUT2D eigenvalue weighted by molar-refractivity contribution is 7.99. The highest BCUT2D eigenvalue weighted by Crippen LogP contribution is 2.25. The molecule has 32 heavy (non-hydrogen) atoms. The summed E-state index contributed by atoms with van der Waals surface area (Å²) in [5, 5.41) is 12.6. The minimum atomic E-state index is -0.178. The summed E-state index contributed by atoms with van der Waals surface area (Å²) in [6.45, 7) is 2.26. The molecule has 1 aromatic heterocycles. The van der Waals surface area contributed by atoms with Gasteiger partial charge >= 0.3 is 0 Å². The molecule has 0 aliphatic heterocycles. The molecule has 1 amide bonds. The molecule has 0 saturated heterocycles. The zero-order valence-electron chi connectivity index (χ0n) is 17.4. The van der Waals surface area contributed by atoms with Crippen molar-refractivity contribution in [1.82, 2.24) is 14.8 Å². The predicted molar refractivity (Wildman–Crippen MR) is 128 cm³/mol. The smallest absolute Gasteiger partial charge is 0.234 e. The lowest BCUT2D eigenvalue weighted by atomic mass is 10.2. The Morgan fingerprint density at radius 2 is 1.81 bits per heavy atom. The van der Waals surface area contributed by atoms with Crippen LogP contribution in [0.3, 0.4) is 0 Å². The van der Waals surface area contributed by atoms with Gasteiger partial charge in [0.25, 0.3) is 0 Å². The molecule has 0 aliphatic carbocycles. The van der Waals surface area contributed by atoms with Crippen LogP contribution < -0.4 is 10.1 Å². The van der Waals surface area contributed by atoms with Crippen LogP contribution in [0.25, 0.3) is 5.69 Å². The van der Waals surface area contributed by atoms with Crippen LogP contribution in [0, 0.1) is 6.92 Å². The Bertz CT molecular complexity index is 1210. The van der Waals surface area contributed by atoms with Gasteiger partial charge in [-0.05, 0) is 48.9 Å². The van der Waals surface area contributed by atoms with E-state index >= 15 is 0 Å². The lowest BCUT2D eigenvalue weighted by molar-refractivity contribution is -0.113. The van der Waals surface area contributed by atoms with E-state index in [9.17, 15) is 4.79 Å². The van der Waals surface area contributed by atoms with E-state index in [0.717, 1.165) is 17.0 Å². The molecule has 1 heterocycles. The number of thioether (sulfide) groups is 1. The van der Waals surface area contributed by atoms with E-state index in [2.05, 4.69) is 15.5 Å². The second-order valence-corrected chi connectivity index (χ2v) is 8.34. The maximum absolute atomic E-state index is 12.5. The number of hydrogen-bond donors (Lipinski definition) is 1. The first-order valence-corrected chi connectivity index (χ1v) is 11.3. The molecule has 0 radical (unpaired) electrons. The Morgan fingerprint density at radius 1 is 1.03 bits per heavy atom. The highest BCUT2D eigenvalue weighted by atomic mass is 35.5. The van der Waals surface area contributed by atoms with Crippen LogP contribution in [0.4, 0.5) is 5.69 Å². The number of ether oxygens (including phenoxy) is 1. The molecule has 1 N–H and O–H groups in total. The fourth-order valence-corrected chi connectivity index (χ4v) is 4.01. The number of halogens is 1. The van der Waals surface area contributed by atoms with Crippen LogP contribution in [0.5, 0.6) is 5.75 Å². The number of hydrogen-bond acceptors (Lipinski definition) is 5. The molecule has 8 heteroatoms. The van der Waals surface area contributed by atoms with Crippen LogP contribution in [0.1, 0.15) is 11.4 Å². The van der Waals surface area contributed by atoms with Gasteiger partial charge in [0.05, 0.1) is 16.5 Å². The molecule has 3 aromatic carbocycles. The van der Waals surface area contributed by atoms with Gasteiger partial charge in [-0.25, -0.2) is 0 Å². The third-order valence-electron chi connectivity index (χ3n) is 4.55. The molecule has 0 spiro atoms. The number of nitrogens with one attached hydrogen (secondary N) is 1. The molecule has 0 aliphatic rings. The first-order valence-electron chi connectivity index (χ1n) is 9.96. The third-order valence-corrected chi connectivity index (χ3v) is 5.81. The molecular weight excluding hydrogens is 444 g/mol. The zero-order chi connectivity index (χ0) is 22.3. The number of amides is 1. The molecule has 6 nitrogen and oxygen atoms in total. The normalized spacial score (nSPS) is 10.7. The van der Waals surface area contributed by atoms with E-state index < -0.39 is 0 Å². The number of aromatic nitrogens is 3. The van der Waals surface area contributed by atoms with Crippen LogP contribution in [-0.4, -0.2) is 26.4 Å². The van der Waals surface area contributed by atoms with Gasteiger partial charge in [-0.2, -0.15) is 0 Å². The second kappa shape index (κ2) is 10.3. The summed E-state index contributed by atoms with van der Waals surface area (Å²) in [6, 6.07) is 24.7. The van der Waals surface area contributed by atoms with Gasteiger partial charge in [-0.15, -0.1) is 10.2 Å². The predicted octanol–water partition coefficient (Wildman–Crippen LogP) is 5.54. The minimum Gasteiger partial charge on any atom is -0.486 e. The number of benzene rings is 3. The van der Waals surface area contributed by atoms with Crippen molar-refractivity contribution in [3.05, 3.63) is 95.3 Å². The van der Waals surface area contributed by atoms with Crippen molar-refractivity contribution in [3.8, 4) is 11.4 Å². The van der Waals surface area contributed by atoms with Gasteiger partial charge in [0.1, 0.15) is 12.4 Å². The average molecular weight is 465 g/mol. The molecule has 0 unspecified atom stereocenters. The van der Waals surface area contributed by atoms with Gasteiger partial charge in [0.2, 0.25) is 5.91 Å². The molecule has 0 fully saturated rings. The Balaban J connectivity index is 1.50. The van der Waals surface area contributed by atoms with E-state index in [0.29, 0.717) is 21.7 Å². The Hall–Kier alpha value is -3.29. The van der Waals surface area contributed by atoms with Crippen molar-refractivity contribution in [2.75, 3.05) is 11.1 Å². The largest absolute Gasteiger partial charge is 0.486 e. The molecule has 0 saturated carbocycles. The number of aryl methyl sites for hydroxylation is 1. The fourth-order valence-electron chi connectivity index (χ4n) is 3.06. The van der Waals surface area contributed by atoms with E-state index in [4.69, 9.17) is 16.3 Å². The topological polar surface area (TPSA) is 69.0 Å². The summed E-state index contributed by atoms with van der Waals surface area (Å²) in [5.41, 5.74) is 2.60. The lowest BCUT2D eigenvalue weighted by Crippen LogP contribution is -2.15. The molecule has 0 bridgehead atoms. The summed E-state index contributed by atoms with van der Waals surface area (Å²) in [7, 11) is 0. The monoisotopic (exact) mass is 464 g/mol. The third kappa shape index (κ3) is 5.49. The van der Waals surface area contributed by atoms with Gasteiger partial charge in [0, 0.05) is 5.69 Å². The summed E-state index contributed by atoms with van der Waals surface area (Å²) in [6.07, 6.45) is 0.